The quantitative estimate of drug-likeness (QED) is 0.695. The summed E-state index contributed by atoms with van der Waals surface area (Å²) < 4.78 is 10.6. The van der Waals surface area contributed by atoms with Crippen LogP contribution in [0.2, 0.25) is 0 Å². The van der Waals surface area contributed by atoms with Gasteiger partial charge in [0, 0.05) is 18.7 Å². The first-order valence-electron chi connectivity index (χ1n) is 7.89. The Balaban J connectivity index is 1.81. The first-order chi connectivity index (χ1) is 11.6. The lowest BCUT2D eigenvalue weighted by atomic mass is 10.2. The summed E-state index contributed by atoms with van der Waals surface area (Å²) in [5.74, 6) is 1.01. The molecule has 0 radical (unpaired) electrons. The van der Waals surface area contributed by atoms with Crippen molar-refractivity contribution < 1.29 is 14.3 Å². The molecule has 8 heteroatoms. The third kappa shape index (κ3) is 5.62. The van der Waals surface area contributed by atoms with E-state index in [1.807, 2.05) is 38.1 Å². The highest BCUT2D eigenvalue weighted by molar-refractivity contribution is 5.75. The second kappa shape index (κ2) is 8.97. The summed E-state index contributed by atoms with van der Waals surface area (Å²) in [5, 5.41) is 14.9. The Hall–Kier alpha value is -2.48. The molecule has 0 saturated heterocycles. The average Bonchev–Trinajstić information content (AvgIpc) is 3.02. The molecule has 0 saturated carbocycles. The fraction of sp³-hybridized carbons (Fsp3) is 0.500. The number of nitrogens with one attached hydrogen (secondary N) is 1. The highest BCUT2D eigenvalue weighted by Gasteiger charge is 2.09. The van der Waals surface area contributed by atoms with Gasteiger partial charge >= 0.3 is 0 Å². The van der Waals surface area contributed by atoms with E-state index in [1.165, 1.54) is 4.80 Å². The van der Waals surface area contributed by atoms with Crippen LogP contribution in [0.25, 0.3) is 11.4 Å². The molecule has 0 fully saturated rings. The summed E-state index contributed by atoms with van der Waals surface area (Å²) in [6.07, 6.45) is 0.971. The summed E-state index contributed by atoms with van der Waals surface area (Å²) in [7, 11) is 1.60. The molecule has 1 aromatic carbocycles. The number of ether oxygens (including phenoxy) is 2. The van der Waals surface area contributed by atoms with Crippen LogP contribution in [0.4, 0.5) is 0 Å². The van der Waals surface area contributed by atoms with Gasteiger partial charge in [-0.15, -0.1) is 10.2 Å². The van der Waals surface area contributed by atoms with E-state index in [4.69, 9.17) is 9.47 Å². The fourth-order valence-corrected chi connectivity index (χ4v) is 1.99. The minimum absolute atomic E-state index is 0.0298. The van der Waals surface area contributed by atoms with E-state index in [9.17, 15) is 4.79 Å². The predicted octanol–water partition coefficient (Wildman–Crippen LogP) is 1.28. The van der Waals surface area contributed by atoms with E-state index in [0.29, 0.717) is 24.7 Å². The summed E-state index contributed by atoms with van der Waals surface area (Å²) in [5.41, 5.74) is 0.784. The fourth-order valence-electron chi connectivity index (χ4n) is 1.99. The molecule has 24 heavy (non-hydrogen) atoms. The number of amides is 1. The molecule has 8 nitrogen and oxygen atoms in total. The van der Waals surface area contributed by atoms with Crippen LogP contribution >= 0.6 is 0 Å². The van der Waals surface area contributed by atoms with Gasteiger partial charge in [0.1, 0.15) is 12.3 Å². The van der Waals surface area contributed by atoms with Gasteiger partial charge in [0.2, 0.25) is 11.7 Å². The molecule has 0 unspecified atom stereocenters. The third-order valence-corrected chi connectivity index (χ3v) is 3.16. The SMILES string of the molecule is COc1cccc(-c2nnn(CC(=O)NCCCOC(C)C)n2)c1. The summed E-state index contributed by atoms with van der Waals surface area (Å²) >= 11 is 0. The molecule has 0 aliphatic heterocycles. The Bertz CT molecular complexity index is 657. The van der Waals surface area contributed by atoms with Gasteiger partial charge in [0.15, 0.2) is 0 Å². The summed E-state index contributed by atoms with van der Waals surface area (Å²) in [6, 6.07) is 7.36. The van der Waals surface area contributed by atoms with Crippen molar-refractivity contribution >= 4 is 5.91 Å². The zero-order chi connectivity index (χ0) is 17.4. The largest absolute Gasteiger partial charge is 0.497 e. The number of benzene rings is 1. The molecule has 1 aromatic heterocycles. The van der Waals surface area contributed by atoms with Gasteiger partial charge in [0.25, 0.3) is 0 Å². The maximum atomic E-state index is 11.9. The number of tetrazole rings is 1. The summed E-state index contributed by atoms with van der Waals surface area (Å²) in [4.78, 5) is 13.1. The number of methoxy groups -OCH3 is 1. The molecule has 0 aliphatic rings. The van der Waals surface area contributed by atoms with Gasteiger partial charge in [-0.25, -0.2) is 0 Å². The number of hydrogen-bond donors (Lipinski definition) is 1. The van der Waals surface area contributed by atoms with E-state index in [1.54, 1.807) is 7.11 Å². The number of carbonyl (C=O) groups is 1. The van der Waals surface area contributed by atoms with Crippen LogP contribution in [0.15, 0.2) is 24.3 Å². The van der Waals surface area contributed by atoms with Gasteiger partial charge in [-0.2, -0.15) is 4.80 Å². The predicted molar refractivity (Wildman–Crippen MR) is 88.5 cm³/mol. The van der Waals surface area contributed by atoms with Gasteiger partial charge in [0.05, 0.1) is 13.2 Å². The molecule has 2 rings (SSSR count). The third-order valence-electron chi connectivity index (χ3n) is 3.16. The molecule has 2 aromatic rings. The first kappa shape index (κ1) is 17.9. The first-order valence-corrected chi connectivity index (χ1v) is 7.89. The minimum atomic E-state index is -0.158. The van der Waals surface area contributed by atoms with E-state index in [2.05, 4.69) is 20.7 Å². The maximum absolute atomic E-state index is 11.9. The Morgan fingerprint density at radius 1 is 1.38 bits per heavy atom. The topological polar surface area (TPSA) is 91.2 Å². The monoisotopic (exact) mass is 333 g/mol. The standard InChI is InChI=1S/C16H23N5O3/c1-12(2)24-9-5-8-17-15(22)11-21-19-16(18-20-21)13-6-4-7-14(10-13)23-3/h4,6-7,10,12H,5,8-9,11H2,1-3H3,(H,17,22). The second-order valence-corrected chi connectivity index (χ2v) is 5.50. The second-order valence-electron chi connectivity index (χ2n) is 5.50. The highest BCUT2D eigenvalue weighted by atomic mass is 16.5. The van der Waals surface area contributed by atoms with E-state index >= 15 is 0 Å². The molecular weight excluding hydrogens is 310 g/mol. The lowest BCUT2D eigenvalue weighted by molar-refractivity contribution is -0.122. The average molecular weight is 333 g/mol. The number of hydrogen-bond acceptors (Lipinski definition) is 6. The van der Waals surface area contributed by atoms with Gasteiger partial charge < -0.3 is 14.8 Å². The highest BCUT2D eigenvalue weighted by Crippen LogP contribution is 2.19. The van der Waals surface area contributed by atoms with Crippen LogP contribution in [0, 0.1) is 0 Å². The van der Waals surface area contributed by atoms with Crippen LogP contribution in [0.3, 0.4) is 0 Å². The molecule has 130 valence electrons. The Kier molecular flexibility index (Phi) is 6.68. The van der Waals surface area contributed by atoms with Crippen LogP contribution in [-0.2, 0) is 16.1 Å². The molecule has 0 aliphatic carbocycles. The van der Waals surface area contributed by atoms with Crippen molar-refractivity contribution in [1.82, 2.24) is 25.5 Å². The molecule has 0 spiro atoms. The Morgan fingerprint density at radius 2 is 2.21 bits per heavy atom. The lowest BCUT2D eigenvalue weighted by Crippen LogP contribution is -2.30. The van der Waals surface area contributed by atoms with Crippen molar-refractivity contribution in [3.05, 3.63) is 24.3 Å². The van der Waals surface area contributed by atoms with Crippen molar-refractivity contribution in [1.29, 1.82) is 0 Å². The Morgan fingerprint density at radius 3 is 2.96 bits per heavy atom. The maximum Gasteiger partial charge on any atom is 0.243 e. The zero-order valence-electron chi connectivity index (χ0n) is 14.2. The van der Waals surface area contributed by atoms with Crippen LogP contribution < -0.4 is 10.1 Å². The van der Waals surface area contributed by atoms with Crippen molar-refractivity contribution in [2.24, 2.45) is 0 Å². The molecule has 1 N–H and O–H groups in total. The van der Waals surface area contributed by atoms with Crippen LogP contribution in [-0.4, -0.2) is 52.5 Å². The molecule has 1 heterocycles. The molecular formula is C16H23N5O3. The lowest BCUT2D eigenvalue weighted by Gasteiger charge is -2.07. The number of rotatable bonds is 9. The summed E-state index contributed by atoms with van der Waals surface area (Å²) in [6.45, 7) is 5.17. The number of aromatic nitrogens is 4. The minimum Gasteiger partial charge on any atom is -0.497 e. The van der Waals surface area contributed by atoms with Crippen LogP contribution in [0.1, 0.15) is 20.3 Å². The van der Waals surface area contributed by atoms with Crippen molar-refractivity contribution in [2.45, 2.75) is 32.9 Å². The molecule has 1 amide bonds. The number of nitrogens with zero attached hydrogens (tertiary/aromatic N) is 4. The molecule has 0 atom stereocenters. The Labute approximate surface area is 141 Å². The number of carbonyl (C=O) groups excluding carboxylic acids is 1. The van der Waals surface area contributed by atoms with E-state index < -0.39 is 0 Å². The van der Waals surface area contributed by atoms with E-state index in [-0.39, 0.29) is 18.6 Å². The van der Waals surface area contributed by atoms with Gasteiger partial charge in [-0.1, -0.05) is 12.1 Å². The van der Waals surface area contributed by atoms with Gasteiger partial charge in [-0.05, 0) is 37.6 Å². The zero-order valence-corrected chi connectivity index (χ0v) is 14.2. The van der Waals surface area contributed by atoms with Crippen LogP contribution in [0.5, 0.6) is 5.75 Å². The smallest absolute Gasteiger partial charge is 0.243 e. The van der Waals surface area contributed by atoms with Crippen molar-refractivity contribution in [3.8, 4) is 17.1 Å². The normalized spacial score (nSPS) is 10.8. The van der Waals surface area contributed by atoms with Crippen molar-refractivity contribution in [2.75, 3.05) is 20.3 Å². The van der Waals surface area contributed by atoms with Gasteiger partial charge in [-0.3, -0.25) is 4.79 Å². The molecule has 0 bridgehead atoms. The van der Waals surface area contributed by atoms with E-state index in [0.717, 1.165) is 12.0 Å². The van der Waals surface area contributed by atoms with Crippen molar-refractivity contribution in [3.63, 3.8) is 0 Å².